The zero-order chi connectivity index (χ0) is 18.7. The minimum atomic E-state index is -3.05. The number of nitrogens with one attached hydrogen (secondary N) is 2. The highest BCUT2D eigenvalue weighted by molar-refractivity contribution is 7.91. The number of nitrogens with zero attached hydrogens (tertiary/aromatic N) is 1. The molecule has 1 unspecified atom stereocenters. The van der Waals surface area contributed by atoms with Crippen LogP contribution in [0.4, 0.5) is 0 Å². The molecule has 0 bridgehead atoms. The number of hydrogen-bond donors (Lipinski definition) is 2. The molecule has 26 heavy (non-hydrogen) atoms. The summed E-state index contributed by atoms with van der Waals surface area (Å²) in [6.07, 6.45) is 2.99. The summed E-state index contributed by atoms with van der Waals surface area (Å²) in [5, 5.41) is 3.83. The molecule has 0 aliphatic carbocycles. The van der Waals surface area contributed by atoms with Crippen LogP contribution in [0.15, 0.2) is 30.5 Å². The van der Waals surface area contributed by atoms with Crippen molar-refractivity contribution in [3.63, 3.8) is 0 Å². The highest BCUT2D eigenvalue weighted by Gasteiger charge is 2.29. The van der Waals surface area contributed by atoms with Gasteiger partial charge in [0.2, 0.25) is 11.8 Å². The number of carbonyl (C=O) groups excluding carboxylic acids is 2. The van der Waals surface area contributed by atoms with Gasteiger partial charge < -0.3 is 15.2 Å². The Kier molecular flexibility index (Phi) is 5.31. The number of rotatable bonds is 6. The summed E-state index contributed by atoms with van der Waals surface area (Å²) in [4.78, 5) is 28.8. The SMILES string of the molecule is CC(=O)N(CCc1c[nH]c2ccccc12)CC(=O)NC1CCS(=O)(=O)C1. The summed E-state index contributed by atoms with van der Waals surface area (Å²) in [5.74, 6) is -0.413. The molecule has 0 saturated carbocycles. The van der Waals surface area contributed by atoms with E-state index in [0.717, 1.165) is 16.5 Å². The zero-order valence-electron chi connectivity index (χ0n) is 14.7. The van der Waals surface area contributed by atoms with Crippen LogP contribution in [0, 0.1) is 0 Å². The van der Waals surface area contributed by atoms with Crippen LogP contribution < -0.4 is 5.32 Å². The van der Waals surface area contributed by atoms with Gasteiger partial charge in [0.05, 0.1) is 18.1 Å². The second-order valence-corrected chi connectivity index (χ2v) is 8.95. The second-order valence-electron chi connectivity index (χ2n) is 6.72. The molecule has 1 aliphatic rings. The number of sulfone groups is 1. The lowest BCUT2D eigenvalue weighted by Gasteiger charge is -2.21. The van der Waals surface area contributed by atoms with E-state index in [0.29, 0.717) is 19.4 Å². The van der Waals surface area contributed by atoms with Crippen LogP contribution in [-0.4, -0.2) is 60.8 Å². The van der Waals surface area contributed by atoms with E-state index in [1.54, 1.807) is 0 Å². The molecule has 2 heterocycles. The minimum Gasteiger partial charge on any atom is -0.361 e. The number of H-pyrrole nitrogens is 1. The smallest absolute Gasteiger partial charge is 0.239 e. The zero-order valence-corrected chi connectivity index (χ0v) is 15.5. The van der Waals surface area contributed by atoms with Crippen molar-refractivity contribution in [2.45, 2.75) is 25.8 Å². The van der Waals surface area contributed by atoms with E-state index in [9.17, 15) is 18.0 Å². The molecule has 1 aromatic heterocycles. The summed E-state index contributed by atoms with van der Waals surface area (Å²) >= 11 is 0. The number of carbonyl (C=O) groups is 2. The highest BCUT2D eigenvalue weighted by atomic mass is 32.2. The fourth-order valence-corrected chi connectivity index (χ4v) is 4.97. The first-order valence-electron chi connectivity index (χ1n) is 8.64. The lowest BCUT2D eigenvalue weighted by molar-refractivity contribution is -0.134. The highest BCUT2D eigenvalue weighted by Crippen LogP contribution is 2.18. The van der Waals surface area contributed by atoms with E-state index in [-0.39, 0.29) is 35.9 Å². The van der Waals surface area contributed by atoms with Crippen LogP contribution in [-0.2, 0) is 25.8 Å². The Hall–Kier alpha value is -2.35. The number of fused-ring (bicyclic) bond motifs is 1. The van der Waals surface area contributed by atoms with Crippen LogP contribution in [0.2, 0.25) is 0 Å². The van der Waals surface area contributed by atoms with Gasteiger partial charge in [0.25, 0.3) is 0 Å². The summed E-state index contributed by atoms with van der Waals surface area (Å²) < 4.78 is 23.0. The molecule has 0 spiro atoms. The van der Waals surface area contributed by atoms with E-state index in [1.165, 1.54) is 11.8 Å². The Morgan fingerprint density at radius 3 is 2.77 bits per heavy atom. The first kappa shape index (κ1) is 18.4. The maximum atomic E-state index is 12.2. The summed E-state index contributed by atoms with van der Waals surface area (Å²) in [6.45, 7) is 1.80. The van der Waals surface area contributed by atoms with Crippen LogP contribution in [0.1, 0.15) is 18.9 Å². The van der Waals surface area contributed by atoms with Gasteiger partial charge in [0.15, 0.2) is 9.84 Å². The lowest BCUT2D eigenvalue weighted by atomic mass is 10.1. The normalized spacial score (nSPS) is 18.7. The van der Waals surface area contributed by atoms with Crippen molar-refractivity contribution in [3.8, 4) is 0 Å². The third kappa shape index (κ3) is 4.43. The van der Waals surface area contributed by atoms with Crippen molar-refractivity contribution in [2.24, 2.45) is 0 Å². The van der Waals surface area contributed by atoms with E-state index >= 15 is 0 Å². The molecule has 1 saturated heterocycles. The third-order valence-electron chi connectivity index (χ3n) is 4.70. The maximum absolute atomic E-state index is 12.2. The summed E-state index contributed by atoms with van der Waals surface area (Å²) in [6, 6.07) is 7.58. The Bertz CT molecular complexity index is 919. The predicted molar refractivity (Wildman–Crippen MR) is 99.5 cm³/mol. The maximum Gasteiger partial charge on any atom is 0.239 e. The van der Waals surface area contributed by atoms with Crippen LogP contribution >= 0.6 is 0 Å². The predicted octanol–water partition coefficient (Wildman–Crippen LogP) is 0.862. The topological polar surface area (TPSA) is 99.3 Å². The number of aromatic amines is 1. The number of aromatic nitrogens is 1. The molecule has 3 rings (SSSR count). The van der Waals surface area contributed by atoms with E-state index in [2.05, 4.69) is 10.3 Å². The van der Waals surface area contributed by atoms with Crippen molar-refractivity contribution in [2.75, 3.05) is 24.6 Å². The van der Waals surface area contributed by atoms with E-state index in [1.807, 2.05) is 30.5 Å². The molecule has 7 nitrogen and oxygen atoms in total. The molecule has 1 aliphatic heterocycles. The van der Waals surface area contributed by atoms with Crippen LogP contribution in [0.3, 0.4) is 0 Å². The van der Waals surface area contributed by atoms with Crippen LogP contribution in [0.25, 0.3) is 10.9 Å². The average molecular weight is 377 g/mol. The Labute approximate surface area is 152 Å². The van der Waals surface area contributed by atoms with Gasteiger partial charge in [-0.05, 0) is 24.5 Å². The van der Waals surface area contributed by atoms with Crippen molar-refractivity contribution >= 4 is 32.6 Å². The van der Waals surface area contributed by atoms with Gasteiger partial charge in [-0.3, -0.25) is 9.59 Å². The van der Waals surface area contributed by atoms with Gasteiger partial charge in [0.1, 0.15) is 0 Å². The summed E-state index contributed by atoms with van der Waals surface area (Å²) in [5.41, 5.74) is 2.13. The molecule has 2 N–H and O–H groups in total. The third-order valence-corrected chi connectivity index (χ3v) is 6.47. The number of amides is 2. The Morgan fingerprint density at radius 2 is 2.08 bits per heavy atom. The number of hydrogen-bond acceptors (Lipinski definition) is 4. The van der Waals surface area contributed by atoms with E-state index in [4.69, 9.17) is 0 Å². The molecule has 1 atom stereocenters. The van der Waals surface area contributed by atoms with Gasteiger partial charge in [-0.2, -0.15) is 0 Å². The lowest BCUT2D eigenvalue weighted by Crippen LogP contribution is -2.44. The molecule has 1 aromatic carbocycles. The quantitative estimate of drug-likeness (QED) is 0.780. The van der Waals surface area contributed by atoms with Gasteiger partial charge in [-0.1, -0.05) is 18.2 Å². The van der Waals surface area contributed by atoms with Gasteiger partial charge in [0, 0.05) is 36.6 Å². The first-order valence-corrected chi connectivity index (χ1v) is 10.5. The Morgan fingerprint density at radius 1 is 1.31 bits per heavy atom. The molecule has 2 aromatic rings. The van der Waals surface area contributed by atoms with Gasteiger partial charge >= 0.3 is 0 Å². The molecular weight excluding hydrogens is 354 g/mol. The average Bonchev–Trinajstić information content (AvgIpc) is 3.14. The van der Waals surface area contributed by atoms with Crippen molar-refractivity contribution in [3.05, 3.63) is 36.0 Å². The summed E-state index contributed by atoms with van der Waals surface area (Å²) in [7, 11) is -3.05. The number of benzene rings is 1. The molecule has 140 valence electrons. The largest absolute Gasteiger partial charge is 0.361 e. The first-order chi connectivity index (χ1) is 12.3. The molecule has 2 amide bonds. The van der Waals surface area contributed by atoms with Gasteiger partial charge in [-0.25, -0.2) is 8.42 Å². The van der Waals surface area contributed by atoms with Crippen molar-refractivity contribution in [1.29, 1.82) is 0 Å². The monoisotopic (exact) mass is 377 g/mol. The van der Waals surface area contributed by atoms with Gasteiger partial charge in [-0.15, -0.1) is 0 Å². The van der Waals surface area contributed by atoms with E-state index < -0.39 is 9.84 Å². The molecule has 1 fully saturated rings. The number of para-hydroxylation sites is 1. The van der Waals surface area contributed by atoms with Crippen molar-refractivity contribution in [1.82, 2.24) is 15.2 Å². The Balaban J connectivity index is 1.57. The fourth-order valence-electron chi connectivity index (χ4n) is 3.30. The van der Waals surface area contributed by atoms with Crippen molar-refractivity contribution < 1.29 is 18.0 Å². The minimum absolute atomic E-state index is 0.0197. The molecular formula is C18H23N3O4S. The standard InChI is InChI=1S/C18H23N3O4S/c1-13(22)21(11-18(23)20-15-7-9-26(24,25)12-15)8-6-14-10-19-17-5-3-2-4-16(14)17/h2-5,10,15,19H,6-9,11-12H2,1H3,(H,20,23). The fraction of sp³-hybridized carbons (Fsp3) is 0.444. The van der Waals surface area contributed by atoms with Crippen LogP contribution in [0.5, 0.6) is 0 Å². The molecule has 0 radical (unpaired) electrons. The molecule has 8 heteroatoms. The second kappa shape index (κ2) is 7.49.